The van der Waals surface area contributed by atoms with E-state index in [1.54, 1.807) is 0 Å². The van der Waals surface area contributed by atoms with Gasteiger partial charge in [0, 0.05) is 0 Å². The molecule has 66 valence electrons. The fraction of sp³-hybridized carbons (Fsp3) is 1.00. The molecule has 0 radical (unpaired) electrons. The zero-order valence-corrected chi connectivity index (χ0v) is 8.48. The third-order valence-corrected chi connectivity index (χ3v) is 3.42. The molecule has 1 heterocycles. The van der Waals surface area contributed by atoms with Gasteiger partial charge in [0.05, 0.1) is 25.7 Å². The van der Waals surface area contributed by atoms with Crippen LogP contribution in [0, 0.1) is 0 Å². The number of quaternary nitrogens is 1. The first-order chi connectivity index (χ1) is 4.96. The summed E-state index contributed by atoms with van der Waals surface area (Å²) in [5.41, 5.74) is 0.445. The Kier molecular flexibility index (Phi) is 2.29. The average molecular weight is 156 g/mol. The van der Waals surface area contributed by atoms with Crippen LogP contribution in [0.15, 0.2) is 0 Å². The molecular weight excluding hydrogens is 134 g/mol. The van der Waals surface area contributed by atoms with Crippen molar-refractivity contribution in [2.45, 2.75) is 45.6 Å². The molecule has 1 rings (SSSR count). The molecule has 1 aliphatic heterocycles. The van der Waals surface area contributed by atoms with Crippen molar-refractivity contribution in [1.82, 2.24) is 0 Å². The first-order valence-electron chi connectivity index (χ1n) is 4.80. The maximum Gasteiger partial charge on any atom is 0.0905 e. The molecule has 0 aromatic rings. The third-order valence-electron chi connectivity index (χ3n) is 3.42. The van der Waals surface area contributed by atoms with Crippen molar-refractivity contribution in [1.29, 1.82) is 0 Å². The molecule has 0 atom stereocenters. The lowest BCUT2D eigenvalue weighted by molar-refractivity contribution is -0.957. The van der Waals surface area contributed by atoms with Gasteiger partial charge in [-0.1, -0.05) is 0 Å². The maximum atomic E-state index is 2.40. The number of hydrogen-bond donors (Lipinski definition) is 0. The smallest absolute Gasteiger partial charge is 0.0905 e. The molecule has 1 fully saturated rings. The minimum absolute atomic E-state index is 0.445. The largest absolute Gasteiger partial charge is 0.322 e. The monoisotopic (exact) mass is 156 g/mol. The third kappa shape index (κ3) is 1.76. The highest BCUT2D eigenvalue weighted by atomic mass is 15.4. The molecule has 1 heteroatoms. The van der Waals surface area contributed by atoms with Crippen molar-refractivity contribution < 1.29 is 4.48 Å². The molecule has 0 aromatic heterocycles. The van der Waals surface area contributed by atoms with Gasteiger partial charge in [-0.3, -0.25) is 0 Å². The average Bonchev–Trinajstić information content (AvgIpc) is 1.87. The SMILES string of the molecule is CC(C)(C)[N+]1(C)CCCCC1. The van der Waals surface area contributed by atoms with E-state index in [4.69, 9.17) is 0 Å². The van der Waals surface area contributed by atoms with E-state index in [0.29, 0.717) is 5.54 Å². The predicted molar refractivity (Wildman–Crippen MR) is 49.5 cm³/mol. The van der Waals surface area contributed by atoms with E-state index in [1.807, 2.05) is 0 Å². The van der Waals surface area contributed by atoms with Gasteiger partial charge in [0.2, 0.25) is 0 Å². The van der Waals surface area contributed by atoms with E-state index in [2.05, 4.69) is 27.8 Å². The van der Waals surface area contributed by atoms with Crippen molar-refractivity contribution in [3.8, 4) is 0 Å². The Labute approximate surface area is 71.0 Å². The van der Waals surface area contributed by atoms with Gasteiger partial charge in [0.1, 0.15) is 0 Å². The Balaban J connectivity index is 2.64. The molecule has 0 amide bonds. The van der Waals surface area contributed by atoms with E-state index in [1.165, 1.54) is 36.8 Å². The zero-order valence-electron chi connectivity index (χ0n) is 8.48. The first-order valence-corrected chi connectivity index (χ1v) is 4.80. The summed E-state index contributed by atoms with van der Waals surface area (Å²) in [4.78, 5) is 0. The van der Waals surface area contributed by atoms with Gasteiger partial charge < -0.3 is 4.48 Å². The molecule has 0 N–H and O–H groups in total. The molecule has 0 bridgehead atoms. The second-order valence-electron chi connectivity index (χ2n) is 5.07. The molecule has 1 saturated heterocycles. The van der Waals surface area contributed by atoms with Crippen molar-refractivity contribution >= 4 is 0 Å². The van der Waals surface area contributed by atoms with Gasteiger partial charge >= 0.3 is 0 Å². The normalized spacial score (nSPS) is 25.1. The number of piperidine rings is 1. The van der Waals surface area contributed by atoms with E-state index < -0.39 is 0 Å². The standard InChI is InChI=1S/C10H22N/c1-10(2,3)11(4)8-6-5-7-9-11/h5-9H2,1-4H3/q+1. The molecule has 0 aliphatic carbocycles. The van der Waals surface area contributed by atoms with E-state index >= 15 is 0 Å². The molecule has 0 unspecified atom stereocenters. The summed E-state index contributed by atoms with van der Waals surface area (Å²) in [5, 5.41) is 0. The second-order valence-corrected chi connectivity index (χ2v) is 5.07. The van der Waals surface area contributed by atoms with Gasteiger partial charge in [0.25, 0.3) is 0 Å². The number of hydrogen-bond acceptors (Lipinski definition) is 0. The lowest BCUT2D eigenvalue weighted by Gasteiger charge is -2.48. The van der Waals surface area contributed by atoms with Gasteiger partial charge in [-0.05, 0) is 40.0 Å². The van der Waals surface area contributed by atoms with Crippen LogP contribution in [0.25, 0.3) is 0 Å². The molecular formula is C10H22N+. The van der Waals surface area contributed by atoms with E-state index in [-0.39, 0.29) is 0 Å². The predicted octanol–water partition coefficient (Wildman–Crippen LogP) is 2.42. The highest BCUT2D eigenvalue weighted by molar-refractivity contribution is 4.65. The van der Waals surface area contributed by atoms with Crippen LogP contribution in [-0.4, -0.2) is 30.2 Å². The Morgan fingerprint density at radius 3 is 1.64 bits per heavy atom. The van der Waals surface area contributed by atoms with Crippen molar-refractivity contribution in [2.75, 3.05) is 20.1 Å². The van der Waals surface area contributed by atoms with Crippen molar-refractivity contribution in [3.63, 3.8) is 0 Å². The number of nitrogens with zero attached hydrogens (tertiary/aromatic N) is 1. The van der Waals surface area contributed by atoms with Crippen LogP contribution in [-0.2, 0) is 0 Å². The molecule has 0 saturated carbocycles. The van der Waals surface area contributed by atoms with Gasteiger partial charge in [-0.15, -0.1) is 0 Å². The minimum atomic E-state index is 0.445. The summed E-state index contributed by atoms with van der Waals surface area (Å²) in [5.74, 6) is 0. The Bertz CT molecular complexity index is 126. The summed E-state index contributed by atoms with van der Waals surface area (Å²) in [6, 6.07) is 0. The minimum Gasteiger partial charge on any atom is -0.322 e. The summed E-state index contributed by atoms with van der Waals surface area (Å²) in [6.45, 7) is 9.84. The lowest BCUT2D eigenvalue weighted by atomic mass is 9.97. The lowest BCUT2D eigenvalue weighted by Crippen LogP contribution is -2.59. The van der Waals surface area contributed by atoms with Gasteiger partial charge in [-0.25, -0.2) is 0 Å². The van der Waals surface area contributed by atoms with Crippen molar-refractivity contribution in [3.05, 3.63) is 0 Å². The summed E-state index contributed by atoms with van der Waals surface area (Å²) >= 11 is 0. The van der Waals surface area contributed by atoms with Crippen molar-refractivity contribution in [2.24, 2.45) is 0 Å². The summed E-state index contributed by atoms with van der Waals surface area (Å²) in [7, 11) is 2.40. The Hall–Kier alpha value is -0.0400. The van der Waals surface area contributed by atoms with Gasteiger partial charge in [0.15, 0.2) is 0 Å². The van der Waals surface area contributed by atoms with Crippen LogP contribution in [0.1, 0.15) is 40.0 Å². The van der Waals surface area contributed by atoms with Crippen LogP contribution >= 0.6 is 0 Å². The number of rotatable bonds is 0. The molecule has 0 aromatic carbocycles. The fourth-order valence-electron chi connectivity index (χ4n) is 1.88. The highest BCUT2D eigenvalue weighted by Gasteiger charge is 2.36. The molecule has 1 aliphatic rings. The zero-order chi connectivity index (χ0) is 8.54. The topological polar surface area (TPSA) is 0 Å². The first kappa shape index (κ1) is 9.05. The van der Waals surface area contributed by atoms with Crippen LogP contribution in [0.5, 0.6) is 0 Å². The van der Waals surface area contributed by atoms with E-state index in [0.717, 1.165) is 0 Å². The molecule has 0 spiro atoms. The van der Waals surface area contributed by atoms with Crippen LogP contribution in [0.4, 0.5) is 0 Å². The maximum absolute atomic E-state index is 2.40. The van der Waals surface area contributed by atoms with Gasteiger partial charge in [-0.2, -0.15) is 0 Å². The van der Waals surface area contributed by atoms with Crippen LogP contribution < -0.4 is 0 Å². The quantitative estimate of drug-likeness (QED) is 0.472. The fourth-order valence-corrected chi connectivity index (χ4v) is 1.88. The van der Waals surface area contributed by atoms with Crippen LogP contribution in [0.2, 0.25) is 0 Å². The summed E-state index contributed by atoms with van der Waals surface area (Å²) in [6.07, 6.45) is 4.30. The Morgan fingerprint density at radius 1 is 0.909 bits per heavy atom. The van der Waals surface area contributed by atoms with Crippen LogP contribution in [0.3, 0.4) is 0 Å². The van der Waals surface area contributed by atoms with E-state index in [9.17, 15) is 0 Å². The Morgan fingerprint density at radius 2 is 1.36 bits per heavy atom. The second kappa shape index (κ2) is 2.78. The highest BCUT2D eigenvalue weighted by Crippen LogP contribution is 2.27. The molecule has 11 heavy (non-hydrogen) atoms. The molecule has 1 nitrogen and oxygen atoms in total. The number of likely N-dealkylation sites (tertiary alicyclic amines) is 1. The summed E-state index contributed by atoms with van der Waals surface area (Å²) < 4.78 is 1.27.